The molecule has 0 bridgehead atoms. The van der Waals surface area contributed by atoms with E-state index in [0.29, 0.717) is 11.3 Å². The van der Waals surface area contributed by atoms with Gasteiger partial charge in [0.1, 0.15) is 11.7 Å². The van der Waals surface area contributed by atoms with Crippen LogP contribution in [0.15, 0.2) is 18.2 Å². The number of hydrogen-bond acceptors (Lipinski definition) is 4. The highest BCUT2D eigenvalue weighted by Gasteiger charge is 2.47. The topological polar surface area (TPSA) is 104 Å². The van der Waals surface area contributed by atoms with Crippen molar-refractivity contribution >= 4 is 21.0 Å². The van der Waals surface area contributed by atoms with Crippen molar-refractivity contribution in [2.24, 2.45) is 5.92 Å². The number of hydrogen-bond donors (Lipinski definition) is 3. The first-order valence-corrected chi connectivity index (χ1v) is 11.0. The Hall–Kier alpha value is -1.86. The summed E-state index contributed by atoms with van der Waals surface area (Å²) in [6, 6.07) is 5.55. The van der Waals surface area contributed by atoms with Crippen molar-refractivity contribution < 1.29 is 29.3 Å². The van der Waals surface area contributed by atoms with Crippen molar-refractivity contribution in [2.45, 2.75) is 64.6 Å². The van der Waals surface area contributed by atoms with Gasteiger partial charge in [0.05, 0.1) is 0 Å². The van der Waals surface area contributed by atoms with Gasteiger partial charge in [-0.15, -0.1) is 0 Å². The SMILES string of the molecule is CCC(O)(C(=O)O)C(Cc1ccc(C(C)(C)C)cc1O[Si](C)C)C(=O)O. The molecular formula is C19H29O6Si. The van der Waals surface area contributed by atoms with Crippen LogP contribution in [0.4, 0.5) is 0 Å². The fourth-order valence-electron chi connectivity index (χ4n) is 2.73. The molecular weight excluding hydrogens is 352 g/mol. The molecule has 0 spiro atoms. The van der Waals surface area contributed by atoms with Gasteiger partial charge >= 0.3 is 11.9 Å². The van der Waals surface area contributed by atoms with E-state index in [1.807, 2.05) is 25.2 Å². The van der Waals surface area contributed by atoms with Crippen molar-refractivity contribution in [3.63, 3.8) is 0 Å². The van der Waals surface area contributed by atoms with Gasteiger partial charge < -0.3 is 19.7 Å². The summed E-state index contributed by atoms with van der Waals surface area (Å²) in [5.41, 5.74) is -0.819. The highest BCUT2D eigenvalue weighted by atomic mass is 28.3. The van der Waals surface area contributed by atoms with Crippen LogP contribution in [0.5, 0.6) is 5.75 Å². The Bertz CT molecular complexity index is 664. The zero-order valence-electron chi connectivity index (χ0n) is 16.3. The Balaban J connectivity index is 3.39. The van der Waals surface area contributed by atoms with Crippen molar-refractivity contribution in [3.8, 4) is 5.75 Å². The second-order valence-corrected chi connectivity index (χ2v) is 9.78. The summed E-state index contributed by atoms with van der Waals surface area (Å²) in [4.78, 5) is 23.2. The van der Waals surface area contributed by atoms with Gasteiger partial charge in [-0.25, -0.2) is 4.79 Å². The number of aliphatic hydroxyl groups is 1. The van der Waals surface area contributed by atoms with Crippen molar-refractivity contribution in [1.82, 2.24) is 0 Å². The van der Waals surface area contributed by atoms with Gasteiger partial charge in [0.25, 0.3) is 9.04 Å². The second kappa shape index (κ2) is 8.22. The third-order valence-corrected chi connectivity index (χ3v) is 5.08. The summed E-state index contributed by atoms with van der Waals surface area (Å²) in [7, 11) is -1.11. The Morgan fingerprint density at radius 1 is 1.19 bits per heavy atom. The van der Waals surface area contributed by atoms with E-state index in [2.05, 4.69) is 20.8 Å². The Labute approximate surface area is 156 Å². The van der Waals surface area contributed by atoms with E-state index < -0.39 is 32.5 Å². The summed E-state index contributed by atoms with van der Waals surface area (Å²) in [6.07, 6.45) is -0.326. The molecule has 0 aliphatic rings. The molecule has 0 aromatic heterocycles. The number of carboxylic acids is 2. The van der Waals surface area contributed by atoms with Gasteiger partial charge in [-0.2, -0.15) is 0 Å². The first-order chi connectivity index (χ1) is 11.8. The predicted molar refractivity (Wildman–Crippen MR) is 101 cm³/mol. The number of carboxylic acid groups (broad SMARTS) is 2. The van der Waals surface area contributed by atoms with Gasteiger partial charge in [-0.1, -0.05) is 39.8 Å². The maximum absolute atomic E-state index is 11.7. The van der Waals surface area contributed by atoms with Gasteiger partial charge in [0.2, 0.25) is 0 Å². The normalized spacial score (nSPS) is 15.4. The van der Waals surface area contributed by atoms with Crippen LogP contribution in [0.2, 0.25) is 13.1 Å². The van der Waals surface area contributed by atoms with Crippen LogP contribution in [0.3, 0.4) is 0 Å². The van der Waals surface area contributed by atoms with Crippen molar-refractivity contribution in [3.05, 3.63) is 29.3 Å². The molecule has 0 amide bonds. The van der Waals surface area contributed by atoms with E-state index in [9.17, 15) is 24.9 Å². The first-order valence-electron chi connectivity index (χ1n) is 8.63. The molecule has 0 aliphatic heterocycles. The number of carbonyl (C=O) groups is 2. The lowest BCUT2D eigenvalue weighted by Crippen LogP contribution is -2.49. The Kier molecular flexibility index (Phi) is 7.01. The molecule has 1 aromatic rings. The van der Waals surface area contributed by atoms with Gasteiger partial charge in [-0.05, 0) is 48.5 Å². The fourth-order valence-corrected chi connectivity index (χ4v) is 3.36. The summed E-state index contributed by atoms with van der Waals surface area (Å²) in [5.74, 6) is -3.79. The summed E-state index contributed by atoms with van der Waals surface area (Å²) >= 11 is 0. The van der Waals surface area contributed by atoms with Crippen LogP contribution < -0.4 is 4.43 Å². The molecule has 0 aliphatic carbocycles. The molecule has 0 saturated carbocycles. The minimum atomic E-state index is -2.34. The maximum Gasteiger partial charge on any atom is 0.336 e. The van der Waals surface area contributed by atoms with Gasteiger partial charge in [0.15, 0.2) is 5.60 Å². The average molecular weight is 382 g/mol. The van der Waals surface area contributed by atoms with E-state index in [1.54, 1.807) is 6.07 Å². The van der Waals surface area contributed by atoms with E-state index in [-0.39, 0.29) is 18.3 Å². The standard InChI is InChI=1S/C19H29O6Si/c1-7-19(24,17(22)23)14(16(20)21)10-12-8-9-13(18(2,3)4)11-15(12)25-26(5)6/h8-9,11,14,24H,7,10H2,1-6H3,(H,20,21)(H,22,23). The largest absolute Gasteiger partial charge is 0.542 e. The lowest BCUT2D eigenvalue weighted by Gasteiger charge is -2.30. The number of benzene rings is 1. The molecule has 2 unspecified atom stereocenters. The minimum absolute atomic E-state index is 0.109. The molecule has 145 valence electrons. The lowest BCUT2D eigenvalue weighted by molar-refractivity contribution is -0.174. The molecule has 7 heteroatoms. The van der Waals surface area contributed by atoms with E-state index in [1.165, 1.54) is 6.92 Å². The molecule has 6 nitrogen and oxygen atoms in total. The first kappa shape index (κ1) is 22.2. The second-order valence-electron chi connectivity index (χ2n) is 7.76. The van der Waals surface area contributed by atoms with E-state index >= 15 is 0 Å². The van der Waals surface area contributed by atoms with Crippen LogP contribution in [-0.4, -0.2) is 41.9 Å². The molecule has 2 atom stereocenters. The molecule has 3 N–H and O–H groups in total. The predicted octanol–water partition coefficient (Wildman–Crippen LogP) is 3.08. The average Bonchev–Trinajstić information content (AvgIpc) is 2.50. The van der Waals surface area contributed by atoms with Crippen LogP contribution in [-0.2, 0) is 21.4 Å². The minimum Gasteiger partial charge on any atom is -0.542 e. The molecule has 1 aromatic carbocycles. The number of rotatable bonds is 8. The monoisotopic (exact) mass is 381 g/mol. The maximum atomic E-state index is 11.7. The molecule has 26 heavy (non-hydrogen) atoms. The van der Waals surface area contributed by atoms with Crippen LogP contribution in [0.25, 0.3) is 0 Å². The zero-order chi connectivity index (χ0) is 20.3. The molecule has 0 fully saturated rings. The number of aliphatic carboxylic acids is 2. The quantitative estimate of drug-likeness (QED) is 0.598. The molecule has 0 saturated heterocycles. The molecule has 1 radical (unpaired) electrons. The lowest BCUT2D eigenvalue weighted by atomic mass is 9.80. The zero-order valence-corrected chi connectivity index (χ0v) is 17.3. The van der Waals surface area contributed by atoms with E-state index in [4.69, 9.17) is 4.43 Å². The smallest absolute Gasteiger partial charge is 0.336 e. The summed E-state index contributed by atoms with van der Waals surface area (Å²) < 4.78 is 5.95. The third-order valence-electron chi connectivity index (χ3n) is 4.46. The fraction of sp³-hybridized carbons (Fsp3) is 0.579. The van der Waals surface area contributed by atoms with Crippen LogP contribution in [0.1, 0.15) is 45.2 Å². The van der Waals surface area contributed by atoms with E-state index in [0.717, 1.165) is 5.56 Å². The summed E-state index contributed by atoms with van der Waals surface area (Å²) in [5, 5.41) is 29.3. The van der Waals surface area contributed by atoms with Crippen molar-refractivity contribution in [2.75, 3.05) is 0 Å². The Morgan fingerprint density at radius 2 is 1.77 bits per heavy atom. The van der Waals surface area contributed by atoms with Gasteiger partial charge in [-0.3, -0.25) is 4.79 Å². The Morgan fingerprint density at radius 3 is 2.15 bits per heavy atom. The highest BCUT2D eigenvalue weighted by molar-refractivity contribution is 6.49. The van der Waals surface area contributed by atoms with Crippen LogP contribution in [0, 0.1) is 5.92 Å². The molecule has 0 heterocycles. The summed E-state index contributed by atoms with van der Waals surface area (Å²) in [6.45, 7) is 11.6. The van der Waals surface area contributed by atoms with Crippen molar-refractivity contribution in [1.29, 1.82) is 0 Å². The molecule has 1 rings (SSSR count). The highest BCUT2D eigenvalue weighted by Crippen LogP contribution is 2.33. The van der Waals surface area contributed by atoms with Crippen LogP contribution >= 0.6 is 0 Å². The third kappa shape index (κ3) is 5.08. The van der Waals surface area contributed by atoms with Gasteiger partial charge in [0, 0.05) is 0 Å².